The monoisotopic (exact) mass is 501 g/mol. The van der Waals surface area contributed by atoms with Crippen LogP contribution in [0, 0.1) is 0 Å². The summed E-state index contributed by atoms with van der Waals surface area (Å²) in [6.07, 6.45) is 0. The SMILES string of the molecule is N.N.N.N.N.[Br-].[Br-].[Br-].[Cr+3][I]. The molecule has 0 rings (SSSR count). The second kappa shape index (κ2) is 203. The normalized spacial score (nSPS) is 0.400. The molecule has 0 heterocycles. The standard InChI is InChI=1S/3BrH.Cr.HI.5H3N/h3*1H;;1H;5*1H3/q;;;+4;;;;;;/p-4. The Labute approximate surface area is 114 Å². The van der Waals surface area contributed by atoms with Gasteiger partial charge in [0.15, 0.2) is 0 Å². The van der Waals surface area contributed by atoms with Gasteiger partial charge < -0.3 is 81.7 Å². The fourth-order valence-corrected chi connectivity index (χ4v) is 0. The Kier molecular flexibility index (Phi) is 2730. The van der Waals surface area contributed by atoms with Crippen molar-refractivity contribution in [2.75, 3.05) is 0 Å². The molecule has 0 saturated carbocycles. The molecule has 10 heteroatoms. The summed E-state index contributed by atoms with van der Waals surface area (Å²) in [4.78, 5) is 0. The van der Waals surface area contributed by atoms with E-state index in [1.165, 1.54) is 0 Å². The number of hydrogen-bond donors (Lipinski definition) is 5. The molecular formula is H15Br3CrIN5. The summed E-state index contributed by atoms with van der Waals surface area (Å²) < 4.78 is 0. The molecule has 15 N–H and O–H groups in total. The van der Waals surface area contributed by atoms with Gasteiger partial charge in [0.25, 0.3) is 0 Å². The molecule has 0 amide bonds. The fraction of sp³-hybridized carbons (Fsp3) is 0. The summed E-state index contributed by atoms with van der Waals surface area (Å²) in [5.41, 5.74) is 0. The summed E-state index contributed by atoms with van der Waals surface area (Å²) in [5, 5.41) is 0. The van der Waals surface area contributed by atoms with Gasteiger partial charge in [-0.15, -0.1) is 0 Å². The van der Waals surface area contributed by atoms with Crippen LogP contribution in [0.2, 0.25) is 0 Å². The molecule has 0 radical (unpaired) electrons. The van der Waals surface area contributed by atoms with Gasteiger partial charge in [-0.2, -0.15) is 0 Å². The van der Waals surface area contributed by atoms with Crippen LogP contribution in [0.5, 0.6) is 0 Å². The molecule has 0 aliphatic rings. The van der Waals surface area contributed by atoms with Gasteiger partial charge in [-0.05, 0) is 0 Å². The van der Waals surface area contributed by atoms with E-state index in [0.29, 0.717) is 0 Å². The van der Waals surface area contributed by atoms with Gasteiger partial charge >= 0.3 is 33.3 Å². The third kappa shape index (κ3) is 151. The Bertz CT molecular complexity index is 16.9. The zero-order valence-electron chi connectivity index (χ0n) is 5.46. The Morgan fingerprint density at radius 3 is 0.500 bits per heavy atom. The Morgan fingerprint density at radius 1 is 0.500 bits per heavy atom. The van der Waals surface area contributed by atoms with Gasteiger partial charge in [-0.3, -0.25) is 0 Å². The minimum absolute atomic E-state index is 0. The van der Waals surface area contributed by atoms with Crippen LogP contribution in [0.1, 0.15) is 0 Å². The van der Waals surface area contributed by atoms with Crippen molar-refractivity contribution in [2.24, 2.45) is 0 Å². The van der Waals surface area contributed by atoms with Gasteiger partial charge in [0, 0.05) is 0 Å². The predicted octanol–water partition coefficient (Wildman–Crippen LogP) is -7.29. The van der Waals surface area contributed by atoms with E-state index in [1.807, 2.05) is 20.3 Å². The summed E-state index contributed by atoms with van der Waals surface area (Å²) in [6.45, 7) is 0. The van der Waals surface area contributed by atoms with Gasteiger partial charge in [0.05, 0.1) is 0 Å². The van der Waals surface area contributed by atoms with Crippen molar-refractivity contribution < 1.29 is 64.0 Å². The third-order valence-electron chi connectivity index (χ3n) is 0. The van der Waals surface area contributed by atoms with Crippen LogP contribution >= 0.6 is 20.3 Å². The first kappa shape index (κ1) is 135. The second-order valence-electron chi connectivity index (χ2n) is 0. The molecule has 0 spiro atoms. The van der Waals surface area contributed by atoms with Crippen LogP contribution in [0.4, 0.5) is 0 Å². The number of hydrogen-bond acceptors (Lipinski definition) is 5. The molecule has 0 aliphatic heterocycles. The van der Waals surface area contributed by atoms with E-state index in [4.69, 9.17) is 0 Å². The third-order valence-corrected chi connectivity index (χ3v) is 0. The molecule has 10 heavy (non-hydrogen) atoms. The van der Waals surface area contributed by atoms with Crippen LogP contribution < -0.4 is 81.7 Å². The average Bonchev–Trinajstić information content (AvgIpc) is 1.00. The zero-order chi connectivity index (χ0) is 2.00. The molecule has 0 fully saturated rings. The summed E-state index contributed by atoms with van der Waals surface area (Å²) in [6, 6.07) is 0. The first-order valence-corrected chi connectivity index (χ1v) is 4.27. The van der Waals surface area contributed by atoms with Crippen molar-refractivity contribution in [3.63, 3.8) is 0 Å². The van der Waals surface area contributed by atoms with Crippen molar-refractivity contribution in [1.82, 2.24) is 30.8 Å². The van der Waals surface area contributed by atoms with E-state index in [1.54, 1.807) is 0 Å². The summed E-state index contributed by atoms with van der Waals surface area (Å²) in [5.74, 6) is 0. The molecule has 0 aromatic heterocycles. The second-order valence-corrected chi connectivity index (χ2v) is 0. The Balaban J connectivity index is -0.000000000179. The van der Waals surface area contributed by atoms with Gasteiger partial charge in [0.1, 0.15) is 0 Å². The molecule has 0 aromatic carbocycles. The minimum atomic E-state index is 0. The van der Waals surface area contributed by atoms with Crippen molar-refractivity contribution in [3.05, 3.63) is 0 Å². The first-order chi connectivity index (χ1) is 1.00. The van der Waals surface area contributed by atoms with E-state index in [9.17, 15) is 0 Å². The van der Waals surface area contributed by atoms with Crippen LogP contribution in [0.3, 0.4) is 0 Å². The van der Waals surface area contributed by atoms with E-state index in [0.717, 1.165) is 0 Å². The summed E-state index contributed by atoms with van der Waals surface area (Å²) >= 11 is 4.62. The quantitative estimate of drug-likeness (QED) is 0.206. The van der Waals surface area contributed by atoms with Crippen LogP contribution in [-0.2, 0) is 13.0 Å². The van der Waals surface area contributed by atoms with Crippen molar-refractivity contribution in [3.8, 4) is 0 Å². The van der Waals surface area contributed by atoms with E-state index in [2.05, 4.69) is 13.0 Å². The van der Waals surface area contributed by atoms with Crippen molar-refractivity contribution in [1.29, 1.82) is 0 Å². The number of rotatable bonds is 0. The number of halogens is 4. The topological polar surface area (TPSA) is 175 Å². The molecule has 0 bridgehead atoms. The average molecular weight is 504 g/mol. The van der Waals surface area contributed by atoms with Crippen LogP contribution in [-0.4, -0.2) is 0 Å². The molecule has 0 atom stereocenters. The van der Waals surface area contributed by atoms with Gasteiger partial charge in [0.2, 0.25) is 0 Å². The maximum absolute atomic E-state index is 2.60. The Hall–Kier alpha value is 2.50. The fourth-order valence-electron chi connectivity index (χ4n) is 0. The summed E-state index contributed by atoms with van der Waals surface area (Å²) in [7, 11) is 0. The first-order valence-electron chi connectivity index (χ1n) is 0.154. The maximum atomic E-state index is 2.60. The van der Waals surface area contributed by atoms with Crippen LogP contribution in [0.15, 0.2) is 0 Å². The molecule has 0 aliphatic carbocycles. The molecular weight excluding hydrogens is 489 g/mol. The van der Waals surface area contributed by atoms with E-state index < -0.39 is 0 Å². The van der Waals surface area contributed by atoms with Crippen LogP contribution in [0.25, 0.3) is 0 Å². The molecule has 0 unspecified atom stereocenters. The molecule has 74 valence electrons. The van der Waals surface area contributed by atoms with E-state index >= 15 is 0 Å². The zero-order valence-corrected chi connectivity index (χ0v) is 13.6. The van der Waals surface area contributed by atoms with Crippen molar-refractivity contribution in [2.45, 2.75) is 0 Å². The van der Waals surface area contributed by atoms with Gasteiger partial charge in [-0.25, -0.2) is 0 Å². The van der Waals surface area contributed by atoms with E-state index in [-0.39, 0.29) is 81.7 Å². The Morgan fingerprint density at radius 2 is 0.500 bits per heavy atom. The molecule has 5 nitrogen and oxygen atoms in total. The van der Waals surface area contributed by atoms with Crippen molar-refractivity contribution >= 4 is 20.3 Å². The molecule has 0 saturated heterocycles. The predicted molar refractivity (Wildman–Crippen MR) is 39.1 cm³/mol. The molecule has 0 aromatic rings. The van der Waals surface area contributed by atoms with Gasteiger partial charge in [-0.1, -0.05) is 0 Å².